The molecule has 43 heavy (non-hydrogen) atoms. The molecule has 1 amide bonds. The standard InChI is InChI=1S/C29H25F5N4O5/c1-27(12-30)14-43-25-19(27)9-21(37-24(25)15-3-5-18(31)6-4-15)28(41,29(32,33)34)13-36-26(40)16-7-17-10-35-22(11-39)38-23(17)20(8-16)42-2/h3-10,39,41H,11-14H2,1-2H3,(H,36,40)/t27-,28-/m0/s1. The summed E-state index contributed by atoms with van der Waals surface area (Å²) in [5.74, 6) is -1.40. The molecule has 2 atom stereocenters. The third-order valence-corrected chi connectivity index (χ3v) is 7.29. The molecule has 1 aliphatic heterocycles. The van der Waals surface area contributed by atoms with Gasteiger partial charge < -0.3 is 25.0 Å². The second-order valence-corrected chi connectivity index (χ2v) is 10.3. The average Bonchev–Trinajstić information content (AvgIpc) is 3.34. The Labute approximate surface area is 241 Å². The Morgan fingerprint density at radius 2 is 1.88 bits per heavy atom. The third-order valence-electron chi connectivity index (χ3n) is 7.29. The molecule has 4 aromatic rings. The van der Waals surface area contributed by atoms with Crippen LogP contribution in [0, 0.1) is 5.82 Å². The van der Waals surface area contributed by atoms with Crippen LogP contribution in [-0.4, -0.2) is 64.2 Å². The number of nitrogens with zero attached hydrogens (tertiary/aromatic N) is 3. The fourth-order valence-electron chi connectivity index (χ4n) is 4.72. The summed E-state index contributed by atoms with van der Waals surface area (Å²) < 4.78 is 82.5. The number of ether oxygens (including phenoxy) is 2. The van der Waals surface area contributed by atoms with E-state index in [-0.39, 0.29) is 51.8 Å². The molecule has 3 N–H and O–H groups in total. The SMILES string of the molecule is COc1cc(C(=O)NC[C@](O)(c2cc3c(c(-c4ccc(F)cc4)n2)OC[C@]3(C)CF)C(F)(F)F)cc2cnc(CO)nc12. The number of benzene rings is 2. The number of aliphatic hydroxyl groups excluding tert-OH is 1. The Bertz CT molecular complexity index is 1700. The molecule has 14 heteroatoms. The lowest BCUT2D eigenvalue weighted by molar-refractivity contribution is -0.265. The zero-order valence-electron chi connectivity index (χ0n) is 22.8. The van der Waals surface area contributed by atoms with Gasteiger partial charge in [-0.15, -0.1) is 0 Å². The number of amides is 1. The van der Waals surface area contributed by atoms with Crippen molar-refractivity contribution in [3.05, 3.63) is 77.1 Å². The maximum atomic E-state index is 14.6. The molecule has 2 aromatic carbocycles. The number of fused-ring (bicyclic) bond motifs is 2. The van der Waals surface area contributed by atoms with Crippen molar-refractivity contribution < 1.29 is 46.4 Å². The predicted octanol–water partition coefficient (Wildman–Crippen LogP) is 4.13. The first-order chi connectivity index (χ1) is 20.3. The predicted molar refractivity (Wildman–Crippen MR) is 143 cm³/mol. The van der Waals surface area contributed by atoms with E-state index in [4.69, 9.17) is 9.47 Å². The Balaban J connectivity index is 1.55. The Hall–Kier alpha value is -4.43. The molecule has 1 aliphatic rings. The van der Waals surface area contributed by atoms with Crippen LogP contribution in [0.3, 0.4) is 0 Å². The topological polar surface area (TPSA) is 127 Å². The van der Waals surface area contributed by atoms with E-state index in [1.54, 1.807) is 0 Å². The number of alkyl halides is 4. The van der Waals surface area contributed by atoms with Crippen LogP contribution in [0.25, 0.3) is 22.2 Å². The summed E-state index contributed by atoms with van der Waals surface area (Å²) in [6.45, 7) is -1.55. The smallest absolute Gasteiger partial charge is 0.424 e. The van der Waals surface area contributed by atoms with Crippen molar-refractivity contribution in [3.8, 4) is 22.8 Å². The Morgan fingerprint density at radius 1 is 1.16 bits per heavy atom. The lowest BCUT2D eigenvalue weighted by Gasteiger charge is -2.31. The highest BCUT2D eigenvalue weighted by Gasteiger charge is 2.57. The van der Waals surface area contributed by atoms with E-state index in [1.165, 1.54) is 44.5 Å². The van der Waals surface area contributed by atoms with Gasteiger partial charge in [0.05, 0.1) is 24.8 Å². The molecule has 0 saturated heterocycles. The van der Waals surface area contributed by atoms with Crippen molar-refractivity contribution in [2.24, 2.45) is 0 Å². The van der Waals surface area contributed by atoms with Crippen LogP contribution < -0.4 is 14.8 Å². The summed E-state index contributed by atoms with van der Waals surface area (Å²) >= 11 is 0. The number of aromatic nitrogens is 3. The number of pyridine rings is 1. The molecular weight excluding hydrogens is 579 g/mol. The van der Waals surface area contributed by atoms with Gasteiger partial charge >= 0.3 is 6.18 Å². The Morgan fingerprint density at radius 3 is 2.51 bits per heavy atom. The first kappa shape index (κ1) is 30.0. The van der Waals surface area contributed by atoms with Crippen molar-refractivity contribution in [2.45, 2.75) is 30.7 Å². The molecule has 0 unspecified atom stereocenters. The largest absolute Gasteiger partial charge is 0.494 e. The van der Waals surface area contributed by atoms with Gasteiger partial charge in [-0.25, -0.2) is 23.7 Å². The highest BCUT2D eigenvalue weighted by Crippen LogP contribution is 2.48. The number of halogens is 5. The zero-order chi connectivity index (χ0) is 31.2. The maximum Gasteiger partial charge on any atom is 0.424 e. The minimum absolute atomic E-state index is 0.0129. The van der Waals surface area contributed by atoms with Gasteiger partial charge in [0, 0.05) is 28.3 Å². The monoisotopic (exact) mass is 604 g/mol. The second-order valence-electron chi connectivity index (χ2n) is 10.3. The van der Waals surface area contributed by atoms with E-state index in [1.807, 2.05) is 0 Å². The van der Waals surface area contributed by atoms with Gasteiger partial charge in [0.2, 0.25) is 5.60 Å². The summed E-state index contributed by atoms with van der Waals surface area (Å²) in [4.78, 5) is 25.2. The number of carbonyl (C=O) groups is 1. The Kier molecular flexibility index (Phi) is 7.69. The summed E-state index contributed by atoms with van der Waals surface area (Å²) in [6.07, 6.45) is -4.04. The fourth-order valence-corrected chi connectivity index (χ4v) is 4.72. The third kappa shape index (κ3) is 5.31. The van der Waals surface area contributed by atoms with Crippen molar-refractivity contribution in [1.82, 2.24) is 20.3 Å². The van der Waals surface area contributed by atoms with Crippen molar-refractivity contribution in [1.29, 1.82) is 0 Å². The van der Waals surface area contributed by atoms with Crippen LogP contribution >= 0.6 is 0 Å². The molecule has 226 valence electrons. The van der Waals surface area contributed by atoms with Crippen LogP contribution in [0.1, 0.15) is 34.4 Å². The van der Waals surface area contributed by atoms with E-state index in [2.05, 4.69) is 20.3 Å². The van der Waals surface area contributed by atoms with E-state index in [0.717, 1.165) is 18.2 Å². The molecule has 0 fully saturated rings. The number of hydrogen-bond donors (Lipinski definition) is 3. The summed E-state index contributed by atoms with van der Waals surface area (Å²) in [7, 11) is 1.30. The minimum Gasteiger partial charge on any atom is -0.494 e. The minimum atomic E-state index is -5.36. The first-order valence-corrected chi connectivity index (χ1v) is 12.9. The van der Waals surface area contributed by atoms with Crippen molar-refractivity contribution in [2.75, 3.05) is 26.9 Å². The van der Waals surface area contributed by atoms with E-state index in [9.17, 15) is 37.0 Å². The van der Waals surface area contributed by atoms with Crippen LogP contribution in [0.5, 0.6) is 11.5 Å². The maximum absolute atomic E-state index is 14.6. The normalized spacial score (nSPS) is 17.7. The van der Waals surface area contributed by atoms with Gasteiger partial charge in [-0.2, -0.15) is 13.2 Å². The van der Waals surface area contributed by atoms with Gasteiger partial charge in [-0.05, 0) is 49.4 Å². The second kappa shape index (κ2) is 11.0. The number of nitrogens with one attached hydrogen (secondary N) is 1. The van der Waals surface area contributed by atoms with E-state index in [0.29, 0.717) is 5.39 Å². The summed E-state index contributed by atoms with van der Waals surface area (Å²) in [5, 5.41) is 22.9. The lowest BCUT2D eigenvalue weighted by atomic mass is 9.83. The molecule has 0 aliphatic carbocycles. The number of hydrogen-bond acceptors (Lipinski definition) is 8. The number of rotatable bonds is 8. The average molecular weight is 605 g/mol. The van der Waals surface area contributed by atoms with Gasteiger partial charge in [0.15, 0.2) is 5.82 Å². The van der Waals surface area contributed by atoms with Crippen LogP contribution in [0.15, 0.2) is 48.7 Å². The summed E-state index contributed by atoms with van der Waals surface area (Å²) in [6, 6.07) is 8.15. The van der Waals surface area contributed by atoms with Gasteiger partial charge in [0.25, 0.3) is 5.91 Å². The highest BCUT2D eigenvalue weighted by molar-refractivity contribution is 5.99. The molecule has 5 rings (SSSR count). The van der Waals surface area contributed by atoms with Crippen molar-refractivity contribution in [3.63, 3.8) is 0 Å². The van der Waals surface area contributed by atoms with Crippen LogP contribution in [0.2, 0.25) is 0 Å². The highest BCUT2D eigenvalue weighted by atomic mass is 19.4. The molecule has 0 saturated carbocycles. The van der Waals surface area contributed by atoms with E-state index < -0.39 is 54.4 Å². The molecule has 2 aromatic heterocycles. The molecule has 0 spiro atoms. The number of aliphatic hydroxyl groups is 2. The molecule has 0 radical (unpaired) electrons. The van der Waals surface area contributed by atoms with E-state index >= 15 is 0 Å². The first-order valence-electron chi connectivity index (χ1n) is 12.9. The van der Waals surface area contributed by atoms with Crippen LogP contribution in [-0.2, 0) is 17.6 Å². The fraction of sp³-hybridized carbons (Fsp3) is 0.310. The van der Waals surface area contributed by atoms with Gasteiger partial charge in [-0.1, -0.05) is 0 Å². The summed E-state index contributed by atoms with van der Waals surface area (Å²) in [5.41, 5.74) is -5.80. The molecule has 3 heterocycles. The number of carbonyl (C=O) groups excluding carboxylic acids is 1. The van der Waals surface area contributed by atoms with Crippen LogP contribution in [0.4, 0.5) is 22.0 Å². The molecular formula is C29H25F5N4O5. The quantitative estimate of drug-likeness (QED) is 0.257. The zero-order valence-corrected chi connectivity index (χ0v) is 22.8. The van der Waals surface area contributed by atoms with Crippen molar-refractivity contribution >= 4 is 16.8 Å². The molecule has 9 nitrogen and oxygen atoms in total. The van der Waals surface area contributed by atoms with Gasteiger partial charge in [-0.3, -0.25) is 4.79 Å². The lowest BCUT2D eigenvalue weighted by Crippen LogP contribution is -2.51. The number of methoxy groups -OCH3 is 1. The van der Waals surface area contributed by atoms with Gasteiger partial charge in [0.1, 0.15) is 48.4 Å². The molecule has 0 bridgehead atoms.